The van der Waals surface area contributed by atoms with E-state index in [4.69, 9.17) is 4.74 Å². The van der Waals surface area contributed by atoms with Crippen molar-refractivity contribution in [2.24, 2.45) is 0 Å². The summed E-state index contributed by atoms with van der Waals surface area (Å²) < 4.78 is 78.5. The van der Waals surface area contributed by atoms with Crippen molar-refractivity contribution in [3.05, 3.63) is 85.7 Å². The molecule has 1 heterocycles. The minimum absolute atomic E-state index is 0.0903. The van der Waals surface area contributed by atoms with E-state index < -0.39 is 46.7 Å². The lowest BCUT2D eigenvalue weighted by atomic mass is 10.0. The van der Waals surface area contributed by atoms with Crippen LogP contribution in [0, 0.1) is 18.6 Å². The van der Waals surface area contributed by atoms with Crippen LogP contribution in [-0.4, -0.2) is 28.3 Å². The van der Waals surface area contributed by atoms with Gasteiger partial charge in [-0.2, -0.15) is 13.2 Å². The van der Waals surface area contributed by atoms with Crippen LogP contribution in [-0.2, 0) is 19.3 Å². The first-order chi connectivity index (χ1) is 19.0. The Morgan fingerprint density at radius 3 is 2.35 bits per heavy atom. The molecule has 6 nitrogen and oxygen atoms in total. The Labute approximate surface area is 228 Å². The van der Waals surface area contributed by atoms with Gasteiger partial charge in [-0.05, 0) is 44.4 Å². The first kappa shape index (κ1) is 29.5. The molecule has 0 aliphatic heterocycles. The molecule has 0 saturated heterocycles. The van der Waals surface area contributed by atoms with Gasteiger partial charge in [-0.3, -0.25) is 13.9 Å². The molecular formula is C29H32F5N3O3. The molecule has 1 aliphatic rings. The number of nitrogens with one attached hydrogen (secondary N) is 1. The summed E-state index contributed by atoms with van der Waals surface area (Å²) in [7, 11) is 1.26. The number of benzene rings is 2. The zero-order valence-electron chi connectivity index (χ0n) is 22.6. The molecule has 216 valence electrons. The monoisotopic (exact) mass is 565 g/mol. The van der Waals surface area contributed by atoms with Gasteiger partial charge in [0.15, 0.2) is 11.6 Å². The second-order valence-electron chi connectivity index (χ2n) is 10.1. The minimum Gasteiger partial charge on any atom is -0.494 e. The van der Waals surface area contributed by atoms with Crippen LogP contribution >= 0.6 is 0 Å². The van der Waals surface area contributed by atoms with Gasteiger partial charge in [-0.25, -0.2) is 13.6 Å². The fourth-order valence-corrected chi connectivity index (χ4v) is 5.41. The maximum absolute atomic E-state index is 15.4. The normalized spacial score (nSPS) is 15.0. The number of ether oxygens (including phenoxy) is 1. The summed E-state index contributed by atoms with van der Waals surface area (Å²) >= 11 is 0. The number of hydrogen-bond donors (Lipinski definition) is 1. The van der Waals surface area contributed by atoms with Crippen molar-refractivity contribution in [3.8, 4) is 16.9 Å². The fraction of sp³-hybridized carbons (Fsp3) is 0.448. The number of alkyl halides is 3. The van der Waals surface area contributed by atoms with E-state index in [-0.39, 0.29) is 41.2 Å². The van der Waals surface area contributed by atoms with Gasteiger partial charge in [0.05, 0.1) is 24.8 Å². The van der Waals surface area contributed by atoms with Gasteiger partial charge < -0.3 is 10.1 Å². The number of aromatic nitrogens is 2. The van der Waals surface area contributed by atoms with E-state index in [1.165, 1.54) is 32.2 Å². The molecule has 1 atom stereocenters. The molecule has 11 heteroatoms. The van der Waals surface area contributed by atoms with Crippen LogP contribution in [0.25, 0.3) is 11.1 Å². The molecule has 0 amide bonds. The van der Waals surface area contributed by atoms with Crippen LogP contribution < -0.4 is 21.3 Å². The van der Waals surface area contributed by atoms with Crippen molar-refractivity contribution in [3.63, 3.8) is 0 Å². The third-order valence-electron chi connectivity index (χ3n) is 7.60. The standard InChI is InChI=1S/C29H32F5N3O3/c1-4-18(35-19-9-5-6-10-19)15-37-27(38)25(20-11-7-14-24(40-3)26(20)31)17(2)36(28(37)39)16-21-22(29(32,33)34)12-8-13-23(21)30/h7-8,11-14,18-19,35H,4-6,9-10,15-16H2,1-3H3/t18-/m0/s1. The molecule has 0 radical (unpaired) electrons. The number of nitrogens with zero attached hydrogens (tertiary/aromatic N) is 2. The molecule has 3 aromatic rings. The predicted octanol–water partition coefficient (Wildman–Crippen LogP) is 5.65. The third-order valence-corrected chi connectivity index (χ3v) is 7.60. The predicted molar refractivity (Wildman–Crippen MR) is 142 cm³/mol. The lowest BCUT2D eigenvalue weighted by Crippen LogP contribution is -2.48. The average molecular weight is 566 g/mol. The summed E-state index contributed by atoms with van der Waals surface area (Å²) in [5, 5.41) is 3.47. The van der Waals surface area contributed by atoms with Crippen molar-refractivity contribution in [2.75, 3.05) is 7.11 Å². The zero-order chi connectivity index (χ0) is 29.2. The van der Waals surface area contributed by atoms with E-state index in [1.54, 1.807) is 0 Å². The Balaban J connectivity index is 1.94. The fourth-order valence-electron chi connectivity index (χ4n) is 5.41. The van der Waals surface area contributed by atoms with Crippen molar-refractivity contribution in [2.45, 2.75) is 77.3 Å². The molecule has 0 bridgehead atoms. The van der Waals surface area contributed by atoms with Gasteiger partial charge in [0.2, 0.25) is 0 Å². The van der Waals surface area contributed by atoms with Crippen LogP contribution in [0.3, 0.4) is 0 Å². The van der Waals surface area contributed by atoms with Gasteiger partial charge in [0.25, 0.3) is 5.56 Å². The number of halogens is 5. The Morgan fingerprint density at radius 1 is 1.05 bits per heavy atom. The number of hydrogen-bond acceptors (Lipinski definition) is 4. The zero-order valence-corrected chi connectivity index (χ0v) is 22.6. The average Bonchev–Trinajstić information content (AvgIpc) is 3.42. The second-order valence-corrected chi connectivity index (χ2v) is 10.1. The first-order valence-corrected chi connectivity index (χ1v) is 13.3. The van der Waals surface area contributed by atoms with Gasteiger partial charge in [-0.15, -0.1) is 0 Å². The lowest BCUT2D eigenvalue weighted by Gasteiger charge is -2.24. The molecule has 0 unspecified atom stereocenters. The highest BCUT2D eigenvalue weighted by Gasteiger charge is 2.35. The molecular weight excluding hydrogens is 533 g/mol. The summed E-state index contributed by atoms with van der Waals surface area (Å²) in [6.07, 6.45) is -0.285. The minimum atomic E-state index is -4.89. The summed E-state index contributed by atoms with van der Waals surface area (Å²) in [5.74, 6) is -2.16. The highest BCUT2D eigenvalue weighted by molar-refractivity contribution is 5.67. The Bertz CT molecular complexity index is 1490. The smallest absolute Gasteiger partial charge is 0.416 e. The molecule has 1 aromatic heterocycles. The van der Waals surface area contributed by atoms with Crippen LogP contribution in [0.15, 0.2) is 46.0 Å². The summed E-state index contributed by atoms with van der Waals surface area (Å²) in [6.45, 7) is 2.33. The van der Waals surface area contributed by atoms with Gasteiger partial charge >= 0.3 is 11.9 Å². The molecule has 2 aromatic carbocycles. The lowest BCUT2D eigenvalue weighted by molar-refractivity contribution is -0.138. The quantitative estimate of drug-likeness (QED) is 0.341. The summed E-state index contributed by atoms with van der Waals surface area (Å²) in [4.78, 5) is 27.6. The van der Waals surface area contributed by atoms with Crippen molar-refractivity contribution < 1.29 is 26.7 Å². The summed E-state index contributed by atoms with van der Waals surface area (Å²) in [6, 6.07) is 6.62. The summed E-state index contributed by atoms with van der Waals surface area (Å²) in [5.41, 5.74) is -4.16. The van der Waals surface area contributed by atoms with E-state index in [2.05, 4.69) is 5.32 Å². The van der Waals surface area contributed by atoms with E-state index in [0.29, 0.717) is 6.42 Å². The maximum atomic E-state index is 15.4. The van der Waals surface area contributed by atoms with Crippen molar-refractivity contribution in [1.29, 1.82) is 0 Å². The van der Waals surface area contributed by atoms with Crippen LogP contribution in [0.4, 0.5) is 22.0 Å². The SMILES string of the molecule is CC[C@@H](Cn1c(=O)c(-c2cccc(OC)c2F)c(C)n(Cc2c(F)cccc2C(F)(F)F)c1=O)NC1CCCC1. The van der Waals surface area contributed by atoms with E-state index >= 15 is 4.39 Å². The number of rotatable bonds is 9. The Kier molecular flexibility index (Phi) is 8.82. The van der Waals surface area contributed by atoms with Crippen LogP contribution in [0.5, 0.6) is 5.75 Å². The highest BCUT2D eigenvalue weighted by Crippen LogP contribution is 2.34. The highest BCUT2D eigenvalue weighted by atomic mass is 19.4. The largest absolute Gasteiger partial charge is 0.494 e. The Morgan fingerprint density at radius 2 is 1.73 bits per heavy atom. The molecule has 1 aliphatic carbocycles. The van der Waals surface area contributed by atoms with Gasteiger partial charge in [0, 0.05) is 35.4 Å². The van der Waals surface area contributed by atoms with Crippen molar-refractivity contribution in [1.82, 2.24) is 14.5 Å². The number of methoxy groups -OCH3 is 1. The molecule has 1 N–H and O–H groups in total. The molecule has 40 heavy (non-hydrogen) atoms. The van der Waals surface area contributed by atoms with E-state index in [9.17, 15) is 27.2 Å². The van der Waals surface area contributed by atoms with Crippen molar-refractivity contribution >= 4 is 0 Å². The molecule has 4 rings (SSSR count). The van der Waals surface area contributed by atoms with E-state index in [0.717, 1.165) is 53.0 Å². The molecule has 1 saturated carbocycles. The Hall–Kier alpha value is -3.47. The van der Waals surface area contributed by atoms with E-state index in [1.807, 2.05) is 6.92 Å². The van der Waals surface area contributed by atoms with Gasteiger partial charge in [0.1, 0.15) is 5.82 Å². The van der Waals surface area contributed by atoms with Crippen LogP contribution in [0.1, 0.15) is 55.8 Å². The van der Waals surface area contributed by atoms with Crippen LogP contribution in [0.2, 0.25) is 0 Å². The molecule has 0 spiro atoms. The maximum Gasteiger partial charge on any atom is 0.416 e. The first-order valence-electron chi connectivity index (χ1n) is 13.3. The van der Waals surface area contributed by atoms with Gasteiger partial charge in [-0.1, -0.05) is 38.0 Å². The third kappa shape index (κ3) is 5.84. The topological polar surface area (TPSA) is 65.3 Å². The molecule has 1 fully saturated rings. The second kappa shape index (κ2) is 12.0.